The maximum atomic E-state index is 11.2. The summed E-state index contributed by atoms with van der Waals surface area (Å²) in [4.78, 5) is 11.1. The Balaban J connectivity index is 1.56. The van der Waals surface area contributed by atoms with Crippen molar-refractivity contribution in [2.45, 2.75) is 97.2 Å². The summed E-state index contributed by atoms with van der Waals surface area (Å²) in [6, 6.07) is 0. The van der Waals surface area contributed by atoms with Gasteiger partial charge in [-0.25, -0.2) is 0 Å². The highest BCUT2D eigenvalue weighted by Crippen LogP contribution is 2.68. The number of carbonyl (C=O) groups is 1. The van der Waals surface area contributed by atoms with Gasteiger partial charge in [-0.1, -0.05) is 20.8 Å². The van der Waals surface area contributed by atoms with Gasteiger partial charge >= 0.3 is 5.97 Å². The second-order valence-corrected chi connectivity index (χ2v) is 11.4. The highest BCUT2D eigenvalue weighted by molar-refractivity contribution is 5.66. The van der Waals surface area contributed by atoms with Crippen molar-refractivity contribution >= 4 is 5.97 Å². The quantitative estimate of drug-likeness (QED) is 0.659. The van der Waals surface area contributed by atoms with Crippen molar-refractivity contribution in [3.63, 3.8) is 0 Å². The summed E-state index contributed by atoms with van der Waals surface area (Å²) in [5.41, 5.74) is 0.478. The van der Waals surface area contributed by atoms with Crippen molar-refractivity contribution in [3.8, 4) is 0 Å². The Morgan fingerprint density at radius 2 is 1.75 bits per heavy atom. The summed E-state index contributed by atoms with van der Waals surface area (Å²) in [7, 11) is 0. The molecule has 0 amide bonds. The summed E-state index contributed by atoms with van der Waals surface area (Å²) in [5.74, 6) is 2.38. The number of fused-ring (bicyclic) bond motifs is 5. The molecule has 4 aliphatic rings. The van der Waals surface area contributed by atoms with Crippen molar-refractivity contribution in [2.75, 3.05) is 0 Å². The average Bonchev–Trinajstić information content (AvgIpc) is 2.91. The van der Waals surface area contributed by atoms with Gasteiger partial charge in [-0.3, -0.25) is 4.79 Å². The zero-order valence-corrected chi connectivity index (χ0v) is 17.9. The van der Waals surface area contributed by atoms with Crippen LogP contribution >= 0.6 is 0 Å². The first-order chi connectivity index (χ1) is 13.2. The van der Waals surface area contributed by atoms with E-state index < -0.39 is 5.97 Å². The molecule has 4 nitrogen and oxygen atoms in total. The summed E-state index contributed by atoms with van der Waals surface area (Å²) in [6.45, 7) is 7.10. The molecule has 0 saturated heterocycles. The number of carboxylic acids is 1. The minimum absolute atomic E-state index is 0.111. The van der Waals surface area contributed by atoms with Gasteiger partial charge in [0.25, 0.3) is 0 Å². The standard InChI is InChI=1S/C24H40O4/c1-14(4-7-21(27)28)19-13-20(26)22-17-6-5-15-12-16(25)8-10-23(15,2)18(17)9-11-24(19,22)3/h14-20,22,25-26H,4-13H2,1-3H3,(H,27,28)/t14-,15?,16-,17-,18+,19-,20+,22-,23+,24-/m1/s1. The number of hydrogen-bond acceptors (Lipinski definition) is 3. The van der Waals surface area contributed by atoms with Crippen molar-refractivity contribution in [3.05, 3.63) is 0 Å². The molecular formula is C24H40O4. The fraction of sp³-hybridized carbons (Fsp3) is 0.958. The molecule has 0 radical (unpaired) electrons. The molecule has 10 atom stereocenters. The predicted octanol–water partition coefficient (Wildman–Crippen LogP) is 4.48. The van der Waals surface area contributed by atoms with Crippen LogP contribution in [0.5, 0.6) is 0 Å². The van der Waals surface area contributed by atoms with Crippen LogP contribution in [-0.2, 0) is 4.79 Å². The molecule has 0 aliphatic heterocycles. The molecule has 160 valence electrons. The Hall–Kier alpha value is -0.610. The van der Waals surface area contributed by atoms with Crippen LogP contribution in [0.4, 0.5) is 0 Å². The van der Waals surface area contributed by atoms with E-state index in [0.717, 1.165) is 32.1 Å². The first-order valence-corrected chi connectivity index (χ1v) is 11.7. The van der Waals surface area contributed by atoms with Gasteiger partial charge in [-0.15, -0.1) is 0 Å². The molecule has 4 heteroatoms. The number of rotatable bonds is 4. The van der Waals surface area contributed by atoms with Crippen LogP contribution in [0, 0.1) is 46.3 Å². The lowest BCUT2D eigenvalue weighted by Gasteiger charge is -2.61. The minimum Gasteiger partial charge on any atom is -0.481 e. The van der Waals surface area contributed by atoms with Crippen LogP contribution in [0.2, 0.25) is 0 Å². The van der Waals surface area contributed by atoms with E-state index in [9.17, 15) is 15.0 Å². The third-order valence-electron chi connectivity index (χ3n) is 10.2. The molecule has 0 spiro atoms. The van der Waals surface area contributed by atoms with Crippen LogP contribution in [0.3, 0.4) is 0 Å². The maximum Gasteiger partial charge on any atom is 0.303 e. The van der Waals surface area contributed by atoms with Gasteiger partial charge in [-0.2, -0.15) is 0 Å². The summed E-state index contributed by atoms with van der Waals surface area (Å²) in [5, 5.41) is 30.5. The Morgan fingerprint density at radius 1 is 1.04 bits per heavy atom. The molecule has 4 saturated carbocycles. The Bertz CT molecular complexity index is 605. The predicted molar refractivity (Wildman–Crippen MR) is 109 cm³/mol. The summed E-state index contributed by atoms with van der Waals surface area (Å²) >= 11 is 0. The molecule has 0 bridgehead atoms. The molecule has 4 rings (SSSR count). The van der Waals surface area contributed by atoms with Gasteiger partial charge < -0.3 is 15.3 Å². The van der Waals surface area contributed by atoms with E-state index in [1.807, 2.05) is 0 Å². The minimum atomic E-state index is -0.707. The van der Waals surface area contributed by atoms with Crippen molar-refractivity contribution in [1.29, 1.82) is 0 Å². The lowest BCUT2D eigenvalue weighted by Crippen LogP contribution is -2.55. The average molecular weight is 393 g/mol. The van der Waals surface area contributed by atoms with E-state index >= 15 is 0 Å². The van der Waals surface area contributed by atoms with Crippen LogP contribution in [-0.4, -0.2) is 33.5 Å². The van der Waals surface area contributed by atoms with Gasteiger partial charge in [0, 0.05) is 6.42 Å². The fourth-order valence-electron chi connectivity index (χ4n) is 8.78. The Labute approximate surface area is 170 Å². The number of aliphatic carboxylic acids is 1. The van der Waals surface area contributed by atoms with Crippen molar-refractivity contribution in [2.24, 2.45) is 46.3 Å². The zero-order chi connectivity index (χ0) is 20.3. The Kier molecular flexibility index (Phi) is 5.36. The van der Waals surface area contributed by atoms with Gasteiger partial charge in [0.1, 0.15) is 0 Å². The third-order valence-corrected chi connectivity index (χ3v) is 10.2. The van der Waals surface area contributed by atoms with E-state index in [-0.39, 0.29) is 24.0 Å². The number of hydrogen-bond donors (Lipinski definition) is 3. The molecule has 0 aromatic heterocycles. The van der Waals surface area contributed by atoms with E-state index in [2.05, 4.69) is 20.8 Å². The van der Waals surface area contributed by atoms with Crippen molar-refractivity contribution in [1.82, 2.24) is 0 Å². The topological polar surface area (TPSA) is 77.8 Å². The fourth-order valence-corrected chi connectivity index (χ4v) is 8.78. The molecule has 0 aromatic carbocycles. The van der Waals surface area contributed by atoms with Gasteiger partial charge in [-0.05, 0) is 104 Å². The third kappa shape index (κ3) is 3.14. The molecular weight excluding hydrogens is 352 g/mol. The van der Waals surface area contributed by atoms with Gasteiger partial charge in [0.05, 0.1) is 12.2 Å². The Morgan fingerprint density at radius 3 is 2.46 bits per heavy atom. The van der Waals surface area contributed by atoms with Gasteiger partial charge in [0.15, 0.2) is 0 Å². The smallest absolute Gasteiger partial charge is 0.303 e. The SMILES string of the molecule is C[C@H](CCC(=O)O)[C@H]1C[C@H](O)[C@H]2[C@@H]3CCC4C[C@H](O)CC[C@]4(C)[C@H]3CC[C@@]21C. The monoisotopic (exact) mass is 392 g/mol. The highest BCUT2D eigenvalue weighted by Gasteiger charge is 2.63. The van der Waals surface area contributed by atoms with Crippen LogP contribution in [0.1, 0.15) is 85.0 Å². The molecule has 1 unspecified atom stereocenters. The normalized spacial score (nSPS) is 51.7. The number of carboxylic acid groups (broad SMARTS) is 1. The molecule has 0 aromatic rings. The lowest BCUT2D eigenvalue weighted by atomic mass is 9.44. The molecule has 4 aliphatic carbocycles. The van der Waals surface area contributed by atoms with Crippen LogP contribution < -0.4 is 0 Å². The van der Waals surface area contributed by atoms with Crippen LogP contribution in [0.15, 0.2) is 0 Å². The number of aliphatic hydroxyl groups is 2. The zero-order valence-electron chi connectivity index (χ0n) is 17.9. The second kappa shape index (κ2) is 7.27. The lowest BCUT2D eigenvalue weighted by molar-refractivity contribution is -0.143. The molecule has 4 fully saturated rings. The summed E-state index contributed by atoms with van der Waals surface area (Å²) in [6.07, 6.45) is 9.33. The number of aliphatic hydroxyl groups excluding tert-OH is 2. The molecule has 3 N–H and O–H groups in total. The first-order valence-electron chi connectivity index (χ1n) is 11.7. The first kappa shape index (κ1) is 20.7. The molecule has 0 heterocycles. The van der Waals surface area contributed by atoms with Crippen molar-refractivity contribution < 1.29 is 20.1 Å². The molecule has 28 heavy (non-hydrogen) atoms. The highest BCUT2D eigenvalue weighted by atomic mass is 16.4. The maximum absolute atomic E-state index is 11.2. The summed E-state index contributed by atoms with van der Waals surface area (Å²) < 4.78 is 0. The van der Waals surface area contributed by atoms with E-state index in [0.29, 0.717) is 40.9 Å². The van der Waals surface area contributed by atoms with E-state index in [1.165, 1.54) is 25.7 Å². The van der Waals surface area contributed by atoms with Crippen LogP contribution in [0.25, 0.3) is 0 Å². The van der Waals surface area contributed by atoms with E-state index in [4.69, 9.17) is 5.11 Å². The van der Waals surface area contributed by atoms with E-state index in [1.54, 1.807) is 0 Å². The van der Waals surface area contributed by atoms with Gasteiger partial charge in [0.2, 0.25) is 0 Å². The second-order valence-electron chi connectivity index (χ2n) is 11.4. The largest absolute Gasteiger partial charge is 0.481 e.